The Morgan fingerprint density at radius 2 is 2.27 bits per heavy atom. The summed E-state index contributed by atoms with van der Waals surface area (Å²) in [4.78, 5) is 31.4. The number of hydrogen-bond acceptors (Lipinski definition) is 4. The smallest absolute Gasteiger partial charge is 0.271 e. The van der Waals surface area contributed by atoms with Gasteiger partial charge in [-0.05, 0) is 37.1 Å². The number of carbonyl (C=O) groups is 2. The first kappa shape index (κ1) is 18.1. The maximum atomic E-state index is 12.9. The molecular weight excluding hydrogens is 332 g/mol. The third-order valence-electron chi connectivity index (χ3n) is 4.40. The maximum absolute atomic E-state index is 12.9. The number of carbonyl (C=O) groups excluding carboxylic acids is 2. The van der Waals surface area contributed by atoms with E-state index in [4.69, 9.17) is 4.74 Å². The third kappa shape index (κ3) is 4.11. The minimum Gasteiger partial charge on any atom is -0.382 e. The molecule has 1 aliphatic heterocycles. The fraction of sp³-hybridized carbons (Fsp3) is 0.421. The summed E-state index contributed by atoms with van der Waals surface area (Å²) in [5, 5.41) is 2.93. The van der Waals surface area contributed by atoms with Crippen LogP contribution >= 0.6 is 0 Å². The summed E-state index contributed by atoms with van der Waals surface area (Å²) in [6.07, 6.45) is 5.99. The largest absolute Gasteiger partial charge is 0.382 e. The first-order valence-electron chi connectivity index (χ1n) is 8.91. The van der Waals surface area contributed by atoms with Crippen molar-refractivity contribution in [2.45, 2.75) is 32.5 Å². The molecule has 0 fully saturated rings. The van der Waals surface area contributed by atoms with Crippen molar-refractivity contribution in [3.8, 4) is 0 Å². The maximum Gasteiger partial charge on any atom is 0.271 e. The molecule has 1 N–H and O–H groups in total. The molecule has 26 heavy (non-hydrogen) atoms. The lowest BCUT2D eigenvalue weighted by atomic mass is 10.1. The number of nitrogens with zero attached hydrogens (tertiary/aromatic N) is 3. The van der Waals surface area contributed by atoms with Crippen molar-refractivity contribution in [1.82, 2.24) is 19.8 Å². The number of hydrogen-bond donors (Lipinski definition) is 1. The molecule has 0 bridgehead atoms. The summed E-state index contributed by atoms with van der Waals surface area (Å²) in [5.41, 5.74) is 1.50. The molecule has 0 saturated carbocycles. The van der Waals surface area contributed by atoms with Crippen LogP contribution in [0.1, 0.15) is 29.4 Å². The van der Waals surface area contributed by atoms with Gasteiger partial charge >= 0.3 is 0 Å². The number of pyridine rings is 1. The van der Waals surface area contributed by atoms with E-state index >= 15 is 0 Å². The zero-order chi connectivity index (χ0) is 18.4. The lowest BCUT2D eigenvalue weighted by molar-refractivity contribution is -0.126. The highest BCUT2D eigenvalue weighted by atomic mass is 16.5. The molecule has 1 atom stereocenters. The van der Waals surface area contributed by atoms with E-state index < -0.39 is 6.04 Å². The van der Waals surface area contributed by atoms with E-state index in [0.717, 1.165) is 12.0 Å². The molecule has 2 aromatic rings. The van der Waals surface area contributed by atoms with Gasteiger partial charge in [-0.25, -0.2) is 0 Å². The van der Waals surface area contributed by atoms with E-state index in [-0.39, 0.29) is 11.8 Å². The minimum absolute atomic E-state index is 0.139. The number of rotatable bonds is 8. The van der Waals surface area contributed by atoms with Crippen LogP contribution in [0.4, 0.5) is 0 Å². The second-order valence-corrected chi connectivity index (χ2v) is 6.20. The number of fused-ring (bicyclic) bond motifs is 1. The van der Waals surface area contributed by atoms with Gasteiger partial charge in [-0.3, -0.25) is 14.6 Å². The van der Waals surface area contributed by atoms with Crippen LogP contribution in [-0.4, -0.2) is 52.1 Å². The molecular formula is C19H24N4O3. The molecule has 0 spiro atoms. The second-order valence-electron chi connectivity index (χ2n) is 6.20. The lowest BCUT2D eigenvalue weighted by Gasteiger charge is -2.35. The van der Waals surface area contributed by atoms with E-state index in [2.05, 4.69) is 10.3 Å². The molecule has 1 aliphatic rings. The summed E-state index contributed by atoms with van der Waals surface area (Å²) in [6, 6.07) is 6.81. The highest BCUT2D eigenvalue weighted by Gasteiger charge is 2.36. The Hall–Kier alpha value is -2.67. The van der Waals surface area contributed by atoms with Gasteiger partial charge in [-0.1, -0.05) is 6.07 Å². The molecule has 2 amide bonds. The Balaban J connectivity index is 1.72. The number of nitrogens with one attached hydrogen (secondary N) is 1. The fourth-order valence-electron chi connectivity index (χ4n) is 3.08. The van der Waals surface area contributed by atoms with E-state index in [1.807, 2.05) is 35.9 Å². The average Bonchev–Trinajstić information content (AvgIpc) is 3.13. The molecule has 0 aliphatic carbocycles. The van der Waals surface area contributed by atoms with E-state index in [1.54, 1.807) is 23.4 Å². The Kier molecular flexibility index (Phi) is 6.01. The van der Waals surface area contributed by atoms with Gasteiger partial charge in [0.2, 0.25) is 5.91 Å². The molecule has 7 nitrogen and oxygen atoms in total. The van der Waals surface area contributed by atoms with Crippen LogP contribution in [0.3, 0.4) is 0 Å². The van der Waals surface area contributed by atoms with Gasteiger partial charge in [-0.2, -0.15) is 0 Å². The number of aromatic nitrogens is 2. The number of amides is 2. The van der Waals surface area contributed by atoms with Crippen LogP contribution in [-0.2, 0) is 22.6 Å². The predicted molar refractivity (Wildman–Crippen MR) is 96.5 cm³/mol. The molecule has 7 heteroatoms. The Morgan fingerprint density at radius 1 is 1.38 bits per heavy atom. The van der Waals surface area contributed by atoms with Gasteiger partial charge in [0.1, 0.15) is 11.7 Å². The highest BCUT2D eigenvalue weighted by molar-refractivity contribution is 5.97. The van der Waals surface area contributed by atoms with E-state index in [9.17, 15) is 9.59 Å². The van der Waals surface area contributed by atoms with Crippen LogP contribution in [0.25, 0.3) is 0 Å². The zero-order valence-corrected chi connectivity index (χ0v) is 14.9. The van der Waals surface area contributed by atoms with E-state index in [0.29, 0.717) is 38.5 Å². The quantitative estimate of drug-likeness (QED) is 0.727. The molecule has 2 aromatic heterocycles. The van der Waals surface area contributed by atoms with Crippen LogP contribution in [0.2, 0.25) is 0 Å². The van der Waals surface area contributed by atoms with Gasteiger partial charge in [0.25, 0.3) is 5.91 Å². The average molecular weight is 356 g/mol. The third-order valence-corrected chi connectivity index (χ3v) is 4.40. The van der Waals surface area contributed by atoms with Gasteiger partial charge in [0, 0.05) is 44.9 Å². The summed E-state index contributed by atoms with van der Waals surface area (Å²) in [7, 11) is 0. The standard InChI is InChI=1S/C19H24N4O3/c1-2-26-11-5-9-21-18(24)17-14-22-10-4-7-16(22)19(25)23(17)13-15-6-3-8-20-12-15/h3-4,6-8,10,12,17H,2,5,9,11,13-14H2,1H3,(H,21,24). The number of ether oxygens (including phenoxy) is 1. The summed E-state index contributed by atoms with van der Waals surface area (Å²) in [6.45, 7) is 4.56. The van der Waals surface area contributed by atoms with E-state index in [1.165, 1.54) is 0 Å². The summed E-state index contributed by atoms with van der Waals surface area (Å²) >= 11 is 0. The van der Waals surface area contributed by atoms with Crippen molar-refractivity contribution in [2.24, 2.45) is 0 Å². The van der Waals surface area contributed by atoms with Crippen molar-refractivity contribution >= 4 is 11.8 Å². The van der Waals surface area contributed by atoms with Crippen molar-refractivity contribution in [1.29, 1.82) is 0 Å². The Morgan fingerprint density at radius 3 is 3.04 bits per heavy atom. The van der Waals surface area contributed by atoms with Crippen LogP contribution < -0.4 is 5.32 Å². The van der Waals surface area contributed by atoms with Crippen molar-refractivity contribution in [3.05, 3.63) is 54.1 Å². The topological polar surface area (TPSA) is 76.5 Å². The van der Waals surface area contributed by atoms with Crippen LogP contribution in [0.15, 0.2) is 42.9 Å². The van der Waals surface area contributed by atoms with Gasteiger partial charge in [0.15, 0.2) is 0 Å². The van der Waals surface area contributed by atoms with Gasteiger partial charge in [0.05, 0.1) is 6.54 Å². The second kappa shape index (κ2) is 8.62. The fourth-order valence-corrected chi connectivity index (χ4v) is 3.08. The molecule has 138 valence electrons. The minimum atomic E-state index is -0.547. The van der Waals surface area contributed by atoms with Gasteiger partial charge < -0.3 is 19.5 Å². The molecule has 1 unspecified atom stereocenters. The normalized spacial score (nSPS) is 16.4. The van der Waals surface area contributed by atoms with Gasteiger partial charge in [-0.15, -0.1) is 0 Å². The summed E-state index contributed by atoms with van der Waals surface area (Å²) < 4.78 is 7.13. The van der Waals surface area contributed by atoms with Crippen molar-refractivity contribution in [2.75, 3.05) is 19.8 Å². The van der Waals surface area contributed by atoms with Crippen molar-refractivity contribution in [3.63, 3.8) is 0 Å². The summed E-state index contributed by atoms with van der Waals surface area (Å²) in [5.74, 6) is -0.280. The monoisotopic (exact) mass is 356 g/mol. The van der Waals surface area contributed by atoms with Crippen LogP contribution in [0.5, 0.6) is 0 Å². The predicted octanol–water partition coefficient (Wildman–Crippen LogP) is 1.45. The Labute approximate surface area is 153 Å². The first-order chi connectivity index (χ1) is 12.7. The highest BCUT2D eigenvalue weighted by Crippen LogP contribution is 2.21. The SMILES string of the molecule is CCOCCCNC(=O)C1Cn2cccc2C(=O)N1Cc1cccnc1. The van der Waals surface area contributed by atoms with Crippen molar-refractivity contribution < 1.29 is 14.3 Å². The zero-order valence-electron chi connectivity index (χ0n) is 14.9. The molecule has 0 radical (unpaired) electrons. The molecule has 0 aromatic carbocycles. The first-order valence-corrected chi connectivity index (χ1v) is 8.91. The molecule has 0 saturated heterocycles. The van der Waals surface area contributed by atoms with Crippen LogP contribution in [0, 0.1) is 0 Å². The molecule has 3 heterocycles. The lowest BCUT2D eigenvalue weighted by Crippen LogP contribution is -2.54. The Bertz CT molecular complexity index is 744. The molecule has 3 rings (SSSR count).